The van der Waals surface area contributed by atoms with Crippen molar-refractivity contribution in [2.24, 2.45) is 5.92 Å². The highest BCUT2D eigenvalue weighted by atomic mass is 19.1. The lowest BCUT2D eigenvalue weighted by Crippen LogP contribution is -2.33. The fourth-order valence-corrected chi connectivity index (χ4v) is 2.16. The summed E-state index contributed by atoms with van der Waals surface area (Å²) >= 11 is 0. The molecule has 0 aliphatic carbocycles. The summed E-state index contributed by atoms with van der Waals surface area (Å²) in [5, 5.41) is 16.6. The van der Waals surface area contributed by atoms with Crippen LogP contribution >= 0.6 is 0 Å². The number of rotatable bonds is 7. The third-order valence-electron chi connectivity index (χ3n) is 3.56. The highest BCUT2D eigenvalue weighted by molar-refractivity contribution is 5.92. The first-order valence-electron chi connectivity index (χ1n) is 7.85. The number of hydrogen-bond acceptors (Lipinski definition) is 4. The van der Waals surface area contributed by atoms with Crippen molar-refractivity contribution in [3.63, 3.8) is 0 Å². The molecule has 0 aliphatic rings. The Bertz CT molecular complexity index is 717. The third-order valence-corrected chi connectivity index (χ3v) is 3.56. The predicted octanol–water partition coefficient (Wildman–Crippen LogP) is 2.81. The van der Waals surface area contributed by atoms with Crippen LogP contribution in [0.2, 0.25) is 0 Å². The minimum atomic E-state index is -0.341. The van der Waals surface area contributed by atoms with Gasteiger partial charge in [0.2, 0.25) is 0 Å². The van der Waals surface area contributed by atoms with Gasteiger partial charge in [-0.2, -0.15) is 5.26 Å². The van der Waals surface area contributed by atoms with Gasteiger partial charge in [-0.3, -0.25) is 4.79 Å². The number of nitrogens with zero attached hydrogens (tertiary/aromatic N) is 5. The second-order valence-electron chi connectivity index (χ2n) is 5.91. The molecule has 126 valence electrons. The Morgan fingerprint density at radius 2 is 2.04 bits per heavy atom. The predicted molar refractivity (Wildman–Crippen MR) is 86.9 cm³/mol. The first kappa shape index (κ1) is 17.6. The Morgan fingerprint density at radius 1 is 1.33 bits per heavy atom. The molecule has 0 atom stereocenters. The maximum Gasteiger partial charge on any atom is 0.276 e. The molecule has 0 N–H and O–H groups in total. The SMILES string of the molecule is CC(C)CCN(CCC#N)C(=O)c1cn(-c2ccc(F)cc2)nn1. The van der Waals surface area contributed by atoms with Crippen molar-refractivity contribution in [1.82, 2.24) is 19.9 Å². The van der Waals surface area contributed by atoms with Crippen LogP contribution in [-0.4, -0.2) is 38.9 Å². The maximum absolute atomic E-state index is 13.0. The van der Waals surface area contributed by atoms with E-state index in [2.05, 4.69) is 30.2 Å². The van der Waals surface area contributed by atoms with Gasteiger partial charge in [0.1, 0.15) is 5.82 Å². The van der Waals surface area contributed by atoms with Gasteiger partial charge in [-0.05, 0) is 36.6 Å². The largest absolute Gasteiger partial charge is 0.336 e. The van der Waals surface area contributed by atoms with Crippen LogP contribution in [0.4, 0.5) is 4.39 Å². The standard InChI is InChI=1S/C17H20FN5O/c1-13(2)8-11-22(10-3-9-19)17(24)16-12-23(21-20-16)15-6-4-14(18)5-7-15/h4-7,12-13H,3,8,10-11H2,1-2H3. The monoisotopic (exact) mass is 329 g/mol. The molecule has 0 saturated carbocycles. The van der Waals surface area contributed by atoms with Crippen LogP contribution in [0.1, 0.15) is 37.2 Å². The number of aromatic nitrogens is 3. The Morgan fingerprint density at radius 3 is 2.67 bits per heavy atom. The molecule has 0 fully saturated rings. The molecular weight excluding hydrogens is 309 g/mol. The molecule has 24 heavy (non-hydrogen) atoms. The molecule has 0 unspecified atom stereocenters. The van der Waals surface area contributed by atoms with E-state index in [4.69, 9.17) is 5.26 Å². The topological polar surface area (TPSA) is 74.8 Å². The van der Waals surface area contributed by atoms with E-state index in [1.807, 2.05) is 0 Å². The molecule has 0 saturated heterocycles. The van der Waals surface area contributed by atoms with Gasteiger partial charge in [-0.1, -0.05) is 19.1 Å². The van der Waals surface area contributed by atoms with Crippen molar-refractivity contribution in [2.45, 2.75) is 26.7 Å². The van der Waals surface area contributed by atoms with Gasteiger partial charge in [-0.15, -0.1) is 5.10 Å². The lowest BCUT2D eigenvalue weighted by Gasteiger charge is -2.21. The van der Waals surface area contributed by atoms with Gasteiger partial charge >= 0.3 is 0 Å². The summed E-state index contributed by atoms with van der Waals surface area (Å²) in [7, 11) is 0. The molecule has 1 aromatic carbocycles. The smallest absolute Gasteiger partial charge is 0.276 e. The van der Waals surface area contributed by atoms with E-state index in [0.717, 1.165) is 6.42 Å². The van der Waals surface area contributed by atoms with E-state index in [1.54, 1.807) is 17.0 Å². The lowest BCUT2D eigenvalue weighted by atomic mass is 10.1. The fourth-order valence-electron chi connectivity index (χ4n) is 2.16. The quantitative estimate of drug-likeness (QED) is 0.783. The summed E-state index contributed by atoms with van der Waals surface area (Å²) in [5.41, 5.74) is 0.828. The van der Waals surface area contributed by atoms with E-state index in [1.165, 1.54) is 23.0 Å². The first-order valence-corrected chi connectivity index (χ1v) is 7.85. The van der Waals surface area contributed by atoms with E-state index < -0.39 is 0 Å². The van der Waals surface area contributed by atoms with Crippen LogP contribution in [0, 0.1) is 23.1 Å². The van der Waals surface area contributed by atoms with Gasteiger partial charge in [-0.25, -0.2) is 9.07 Å². The summed E-state index contributed by atoms with van der Waals surface area (Å²) in [6.07, 6.45) is 2.64. The van der Waals surface area contributed by atoms with Gasteiger partial charge in [0.05, 0.1) is 24.4 Å². The lowest BCUT2D eigenvalue weighted by molar-refractivity contribution is 0.0746. The van der Waals surface area contributed by atoms with Crippen LogP contribution in [0.5, 0.6) is 0 Å². The minimum Gasteiger partial charge on any atom is -0.336 e. The van der Waals surface area contributed by atoms with Crippen molar-refractivity contribution in [3.8, 4) is 11.8 Å². The average Bonchev–Trinajstić information content (AvgIpc) is 3.05. The molecule has 0 aliphatic heterocycles. The van der Waals surface area contributed by atoms with E-state index >= 15 is 0 Å². The molecule has 0 spiro atoms. The van der Waals surface area contributed by atoms with Crippen LogP contribution in [0.3, 0.4) is 0 Å². The molecule has 7 heteroatoms. The molecule has 1 heterocycles. The number of halogens is 1. The van der Waals surface area contributed by atoms with Crippen LogP contribution in [0.25, 0.3) is 5.69 Å². The molecule has 0 radical (unpaired) electrons. The number of carbonyl (C=O) groups is 1. The third kappa shape index (κ3) is 4.62. The summed E-state index contributed by atoms with van der Waals surface area (Å²) in [5.74, 6) is -0.136. The Labute approximate surface area is 140 Å². The molecule has 2 rings (SSSR count). The Hall–Kier alpha value is -2.75. The zero-order chi connectivity index (χ0) is 17.5. The summed E-state index contributed by atoms with van der Waals surface area (Å²) in [6.45, 7) is 5.10. The zero-order valence-electron chi connectivity index (χ0n) is 13.8. The van der Waals surface area contributed by atoms with Crippen molar-refractivity contribution in [2.75, 3.05) is 13.1 Å². The van der Waals surface area contributed by atoms with Crippen molar-refractivity contribution in [3.05, 3.63) is 42.0 Å². The van der Waals surface area contributed by atoms with Crippen LogP contribution in [-0.2, 0) is 0 Å². The van der Waals surface area contributed by atoms with Crippen LogP contribution in [0.15, 0.2) is 30.5 Å². The maximum atomic E-state index is 13.0. The Kier molecular flexibility index (Phi) is 6.01. The summed E-state index contributed by atoms with van der Waals surface area (Å²) in [4.78, 5) is 14.2. The normalized spacial score (nSPS) is 10.6. The number of hydrogen-bond donors (Lipinski definition) is 0. The molecule has 0 bridgehead atoms. The number of nitriles is 1. The number of carbonyl (C=O) groups excluding carboxylic acids is 1. The van der Waals surface area contributed by atoms with Crippen molar-refractivity contribution < 1.29 is 9.18 Å². The summed E-state index contributed by atoms with van der Waals surface area (Å²) in [6, 6.07) is 7.82. The highest BCUT2D eigenvalue weighted by Gasteiger charge is 2.19. The second kappa shape index (κ2) is 8.20. The fraction of sp³-hybridized carbons (Fsp3) is 0.412. The Balaban J connectivity index is 2.14. The molecule has 6 nitrogen and oxygen atoms in total. The molecule has 1 amide bonds. The van der Waals surface area contributed by atoms with Gasteiger partial charge in [0.15, 0.2) is 5.69 Å². The van der Waals surface area contributed by atoms with E-state index in [9.17, 15) is 9.18 Å². The highest BCUT2D eigenvalue weighted by Crippen LogP contribution is 2.11. The van der Waals surface area contributed by atoms with E-state index in [-0.39, 0.29) is 23.8 Å². The second-order valence-corrected chi connectivity index (χ2v) is 5.91. The number of benzene rings is 1. The van der Waals surface area contributed by atoms with E-state index in [0.29, 0.717) is 24.7 Å². The number of amides is 1. The molecular formula is C17H20FN5O. The van der Waals surface area contributed by atoms with Gasteiger partial charge < -0.3 is 4.90 Å². The van der Waals surface area contributed by atoms with Crippen molar-refractivity contribution in [1.29, 1.82) is 5.26 Å². The van der Waals surface area contributed by atoms with Gasteiger partial charge in [0.25, 0.3) is 5.91 Å². The first-order chi connectivity index (χ1) is 11.5. The van der Waals surface area contributed by atoms with Gasteiger partial charge in [0, 0.05) is 13.1 Å². The zero-order valence-corrected chi connectivity index (χ0v) is 13.8. The molecule has 1 aromatic heterocycles. The molecule has 2 aromatic rings. The summed E-state index contributed by atoms with van der Waals surface area (Å²) < 4.78 is 14.4. The van der Waals surface area contributed by atoms with Crippen molar-refractivity contribution >= 4 is 5.91 Å². The average molecular weight is 329 g/mol. The van der Waals surface area contributed by atoms with Crippen LogP contribution < -0.4 is 0 Å². The minimum absolute atomic E-state index is 0.209.